The van der Waals surface area contributed by atoms with Gasteiger partial charge in [0, 0.05) is 10.6 Å². The molecule has 0 saturated heterocycles. The summed E-state index contributed by atoms with van der Waals surface area (Å²) in [6.45, 7) is 0. The normalized spacial score (nSPS) is 11.6. The number of halogens is 1. The first-order chi connectivity index (χ1) is 14.3. The lowest BCUT2D eigenvalue weighted by molar-refractivity contribution is 1.66. The molecule has 0 nitrogen and oxygen atoms in total. The summed E-state index contributed by atoms with van der Waals surface area (Å²) in [6.07, 6.45) is 0. The van der Waals surface area contributed by atoms with E-state index in [9.17, 15) is 0 Å². The lowest BCUT2D eigenvalue weighted by Gasteiger charge is -2.11. The van der Waals surface area contributed by atoms with Gasteiger partial charge in [-0.25, -0.2) is 0 Å². The van der Waals surface area contributed by atoms with Crippen molar-refractivity contribution in [1.29, 1.82) is 0 Å². The summed E-state index contributed by atoms with van der Waals surface area (Å²) in [5, 5.41) is 10.9. The molecule has 0 aliphatic heterocycles. The molecule has 29 heavy (non-hydrogen) atoms. The van der Waals surface area contributed by atoms with Gasteiger partial charge >= 0.3 is 0 Å². The van der Waals surface area contributed by atoms with E-state index in [-0.39, 0.29) is 0 Å². The lowest BCUT2D eigenvalue weighted by atomic mass is 9.94. The maximum atomic E-state index is 6.51. The van der Waals surface area contributed by atoms with Crippen LogP contribution in [-0.4, -0.2) is 0 Å². The molecule has 0 fully saturated rings. The highest BCUT2D eigenvalue weighted by molar-refractivity contribution is 6.33. The van der Waals surface area contributed by atoms with Gasteiger partial charge in [0.15, 0.2) is 0 Å². The van der Waals surface area contributed by atoms with Gasteiger partial charge in [0.25, 0.3) is 0 Å². The third-order valence-corrected chi connectivity index (χ3v) is 6.15. The minimum absolute atomic E-state index is 0.782. The minimum atomic E-state index is 0.782. The molecule has 6 aromatic rings. The molecule has 0 aliphatic rings. The van der Waals surface area contributed by atoms with Crippen LogP contribution in [0.2, 0.25) is 5.02 Å². The van der Waals surface area contributed by atoms with E-state index in [2.05, 4.69) is 84.9 Å². The van der Waals surface area contributed by atoms with Crippen LogP contribution in [-0.2, 0) is 0 Å². The average Bonchev–Trinajstić information content (AvgIpc) is 2.75. The number of benzene rings is 6. The van der Waals surface area contributed by atoms with Gasteiger partial charge in [-0.1, -0.05) is 72.3 Å². The van der Waals surface area contributed by atoms with E-state index in [1.54, 1.807) is 0 Å². The van der Waals surface area contributed by atoms with Crippen molar-refractivity contribution in [2.24, 2.45) is 0 Å². The molecular weight excluding hydrogens is 372 g/mol. The molecule has 0 amide bonds. The molecule has 0 aliphatic carbocycles. The summed E-state index contributed by atoms with van der Waals surface area (Å²) in [4.78, 5) is 0. The highest BCUT2D eigenvalue weighted by Crippen LogP contribution is 2.36. The predicted octanol–water partition coefficient (Wildman–Crippen LogP) is 8.62. The Morgan fingerprint density at radius 2 is 0.862 bits per heavy atom. The predicted molar refractivity (Wildman–Crippen MR) is 127 cm³/mol. The Kier molecular flexibility index (Phi) is 3.62. The second-order valence-corrected chi connectivity index (χ2v) is 8.01. The molecule has 0 N–H and O–H groups in total. The highest BCUT2D eigenvalue weighted by atomic mass is 35.5. The Balaban J connectivity index is 1.68. The lowest BCUT2D eigenvalue weighted by Crippen LogP contribution is -1.84. The van der Waals surface area contributed by atoms with Gasteiger partial charge in [0.1, 0.15) is 0 Å². The molecule has 1 heteroatoms. The van der Waals surface area contributed by atoms with Crippen molar-refractivity contribution >= 4 is 54.7 Å². The summed E-state index contributed by atoms with van der Waals surface area (Å²) in [5.41, 5.74) is 2.25. The van der Waals surface area contributed by atoms with E-state index in [0.29, 0.717) is 0 Å². The molecule has 0 bridgehead atoms. The molecule has 0 radical (unpaired) electrons. The van der Waals surface area contributed by atoms with E-state index >= 15 is 0 Å². The fourth-order valence-electron chi connectivity index (χ4n) is 4.38. The average molecular weight is 389 g/mol. The van der Waals surface area contributed by atoms with Crippen LogP contribution in [0.3, 0.4) is 0 Å². The third-order valence-electron chi connectivity index (χ3n) is 5.82. The largest absolute Gasteiger partial charge is 0.0837 e. The van der Waals surface area contributed by atoms with E-state index in [0.717, 1.165) is 10.6 Å². The summed E-state index contributed by atoms with van der Waals surface area (Å²) >= 11 is 6.51. The molecule has 0 atom stereocenters. The molecule has 0 unspecified atom stereocenters. The topological polar surface area (TPSA) is 0 Å². The second-order valence-electron chi connectivity index (χ2n) is 7.60. The van der Waals surface area contributed by atoms with Gasteiger partial charge in [-0.05, 0) is 91.1 Å². The van der Waals surface area contributed by atoms with E-state index in [1.165, 1.54) is 48.7 Å². The summed E-state index contributed by atoms with van der Waals surface area (Å²) in [7, 11) is 0. The first-order valence-electron chi connectivity index (χ1n) is 9.80. The summed E-state index contributed by atoms with van der Waals surface area (Å²) in [5.74, 6) is 0. The van der Waals surface area contributed by atoms with Crippen molar-refractivity contribution in [3.63, 3.8) is 0 Å². The fourth-order valence-corrected chi connectivity index (χ4v) is 4.62. The number of rotatable bonds is 1. The summed E-state index contributed by atoms with van der Waals surface area (Å²) in [6, 6.07) is 36.8. The van der Waals surface area contributed by atoms with Crippen molar-refractivity contribution < 1.29 is 0 Å². The molecule has 0 aromatic heterocycles. The van der Waals surface area contributed by atoms with Gasteiger partial charge in [0.05, 0.1) is 0 Å². The maximum Gasteiger partial charge on any atom is 0.0484 e. The molecule has 0 heterocycles. The first-order valence-corrected chi connectivity index (χ1v) is 10.2. The van der Waals surface area contributed by atoms with Gasteiger partial charge in [0.2, 0.25) is 0 Å². The molecule has 0 saturated carbocycles. The molecule has 6 aromatic carbocycles. The maximum absolute atomic E-state index is 6.51. The quantitative estimate of drug-likeness (QED) is 0.247. The standard InChI is InChI=1S/C28H17Cl/c29-28-11-4-3-9-26(28)25-10-5-8-20-14-23-15-21-12-18-6-1-2-7-19(18)13-22(21)16-24(23)17-27(20)25/h1-17H. The van der Waals surface area contributed by atoms with Crippen molar-refractivity contribution in [1.82, 2.24) is 0 Å². The van der Waals surface area contributed by atoms with Crippen molar-refractivity contribution in [3.05, 3.63) is 108 Å². The third kappa shape index (κ3) is 2.68. The SMILES string of the molecule is Clc1ccccc1-c1cccc2cc3cc4cc5ccccc5cc4cc3cc12. The van der Waals surface area contributed by atoms with Crippen molar-refractivity contribution in [3.8, 4) is 11.1 Å². The van der Waals surface area contributed by atoms with Gasteiger partial charge < -0.3 is 0 Å². The fraction of sp³-hybridized carbons (Fsp3) is 0. The molecule has 6 rings (SSSR count). The van der Waals surface area contributed by atoms with Crippen LogP contribution in [0.25, 0.3) is 54.2 Å². The van der Waals surface area contributed by atoms with E-state index < -0.39 is 0 Å². The Hall–Kier alpha value is -3.35. The molecule has 0 spiro atoms. The molecular formula is C28H17Cl. The van der Waals surface area contributed by atoms with Crippen LogP contribution in [0.1, 0.15) is 0 Å². The van der Waals surface area contributed by atoms with Crippen LogP contribution in [0.5, 0.6) is 0 Å². The Labute approximate surface area is 174 Å². The van der Waals surface area contributed by atoms with Gasteiger partial charge in [-0.3, -0.25) is 0 Å². The van der Waals surface area contributed by atoms with Crippen molar-refractivity contribution in [2.75, 3.05) is 0 Å². The number of hydrogen-bond donors (Lipinski definition) is 0. The summed E-state index contributed by atoms with van der Waals surface area (Å²) < 4.78 is 0. The van der Waals surface area contributed by atoms with Gasteiger partial charge in [-0.2, -0.15) is 0 Å². The number of fused-ring (bicyclic) bond motifs is 4. The molecule has 136 valence electrons. The van der Waals surface area contributed by atoms with E-state index in [4.69, 9.17) is 11.6 Å². The van der Waals surface area contributed by atoms with Crippen LogP contribution >= 0.6 is 11.6 Å². The first kappa shape index (κ1) is 16.6. The zero-order chi connectivity index (χ0) is 19.4. The van der Waals surface area contributed by atoms with Crippen molar-refractivity contribution in [2.45, 2.75) is 0 Å². The second kappa shape index (κ2) is 6.34. The Bertz CT molecular complexity index is 1560. The highest BCUT2D eigenvalue weighted by Gasteiger charge is 2.09. The van der Waals surface area contributed by atoms with E-state index in [1.807, 2.05) is 18.2 Å². The number of hydrogen-bond acceptors (Lipinski definition) is 0. The Morgan fingerprint density at radius 3 is 1.55 bits per heavy atom. The van der Waals surface area contributed by atoms with Crippen LogP contribution < -0.4 is 0 Å². The monoisotopic (exact) mass is 388 g/mol. The smallest absolute Gasteiger partial charge is 0.0484 e. The zero-order valence-corrected chi connectivity index (χ0v) is 16.4. The van der Waals surface area contributed by atoms with Crippen LogP contribution in [0.15, 0.2) is 103 Å². The Morgan fingerprint density at radius 1 is 0.379 bits per heavy atom. The minimum Gasteiger partial charge on any atom is -0.0837 e. The van der Waals surface area contributed by atoms with Gasteiger partial charge in [-0.15, -0.1) is 0 Å². The van der Waals surface area contributed by atoms with Crippen LogP contribution in [0, 0.1) is 0 Å². The van der Waals surface area contributed by atoms with Crippen LogP contribution in [0.4, 0.5) is 0 Å². The zero-order valence-electron chi connectivity index (χ0n) is 15.7.